The first kappa shape index (κ1) is 12.2. The smallest absolute Gasteiger partial charge is 0.322 e. The maximum absolute atomic E-state index is 12.5. The topological polar surface area (TPSA) is 69.1 Å². The Morgan fingerprint density at radius 3 is 2.47 bits per heavy atom. The number of nitrogens with zero attached hydrogens (tertiary/aromatic N) is 4. The van der Waals surface area contributed by atoms with E-state index in [4.69, 9.17) is 5.73 Å². The van der Waals surface area contributed by atoms with Crippen LogP contribution in [-0.4, -0.2) is 19.8 Å². The third-order valence-corrected chi connectivity index (χ3v) is 3.26. The molecule has 0 radical (unpaired) electrons. The van der Waals surface area contributed by atoms with E-state index in [2.05, 4.69) is 15.3 Å². The SMILES string of the molecule is CC(C)C(N)c1nn2c(C(F)(F)F)nnc2s1. The second kappa shape index (κ2) is 3.91. The number of hydrogen-bond donors (Lipinski definition) is 1. The van der Waals surface area contributed by atoms with Gasteiger partial charge in [0.1, 0.15) is 5.01 Å². The molecule has 9 heteroatoms. The second-order valence-electron chi connectivity index (χ2n) is 3.93. The molecule has 94 valence electrons. The van der Waals surface area contributed by atoms with Crippen molar-refractivity contribution in [1.29, 1.82) is 0 Å². The molecule has 2 rings (SSSR count). The van der Waals surface area contributed by atoms with E-state index in [0.717, 1.165) is 11.3 Å². The van der Waals surface area contributed by atoms with E-state index in [1.807, 2.05) is 13.8 Å². The zero-order valence-corrected chi connectivity index (χ0v) is 9.88. The van der Waals surface area contributed by atoms with Gasteiger partial charge in [-0.3, -0.25) is 0 Å². The fourth-order valence-electron chi connectivity index (χ4n) is 1.23. The van der Waals surface area contributed by atoms with Crippen LogP contribution in [-0.2, 0) is 6.18 Å². The number of aromatic nitrogens is 4. The molecule has 0 aliphatic carbocycles. The Balaban J connectivity index is 2.49. The maximum atomic E-state index is 12.5. The van der Waals surface area contributed by atoms with Crippen molar-refractivity contribution in [1.82, 2.24) is 19.8 Å². The van der Waals surface area contributed by atoms with Gasteiger partial charge in [-0.05, 0) is 5.92 Å². The number of nitrogens with two attached hydrogens (primary N) is 1. The van der Waals surface area contributed by atoms with Crippen LogP contribution in [0.5, 0.6) is 0 Å². The molecule has 0 fully saturated rings. The van der Waals surface area contributed by atoms with Crippen LogP contribution in [0.2, 0.25) is 0 Å². The molecule has 1 atom stereocenters. The molecule has 0 saturated carbocycles. The Bertz CT molecular complexity index is 529. The van der Waals surface area contributed by atoms with Crippen molar-refractivity contribution >= 4 is 16.3 Å². The number of alkyl halides is 3. The predicted molar refractivity (Wildman–Crippen MR) is 55.4 cm³/mol. The normalized spacial score (nSPS) is 14.8. The van der Waals surface area contributed by atoms with Gasteiger partial charge < -0.3 is 5.73 Å². The number of halogens is 3. The van der Waals surface area contributed by atoms with Crippen LogP contribution in [0.4, 0.5) is 13.2 Å². The molecule has 1 unspecified atom stereocenters. The van der Waals surface area contributed by atoms with Crippen LogP contribution in [0.3, 0.4) is 0 Å². The summed E-state index contributed by atoms with van der Waals surface area (Å²) < 4.78 is 38.3. The van der Waals surface area contributed by atoms with Gasteiger partial charge in [0, 0.05) is 0 Å². The molecule has 0 amide bonds. The lowest BCUT2D eigenvalue weighted by atomic mass is 10.1. The van der Waals surface area contributed by atoms with Crippen LogP contribution in [0, 0.1) is 5.92 Å². The molecule has 0 aliphatic heterocycles. The van der Waals surface area contributed by atoms with Gasteiger partial charge in [0.15, 0.2) is 0 Å². The summed E-state index contributed by atoms with van der Waals surface area (Å²) in [6.45, 7) is 3.75. The summed E-state index contributed by atoms with van der Waals surface area (Å²) in [6.07, 6.45) is -4.56. The Hall–Kier alpha value is -1.22. The van der Waals surface area contributed by atoms with Crippen molar-refractivity contribution in [2.24, 2.45) is 11.7 Å². The summed E-state index contributed by atoms with van der Waals surface area (Å²) in [7, 11) is 0. The fourth-order valence-corrected chi connectivity index (χ4v) is 2.24. The van der Waals surface area contributed by atoms with Crippen LogP contribution in [0.15, 0.2) is 0 Å². The van der Waals surface area contributed by atoms with Gasteiger partial charge in [-0.15, -0.1) is 10.2 Å². The fraction of sp³-hybridized carbons (Fsp3) is 0.625. The summed E-state index contributed by atoms with van der Waals surface area (Å²) in [5.41, 5.74) is 5.83. The highest BCUT2D eigenvalue weighted by Gasteiger charge is 2.38. The van der Waals surface area contributed by atoms with Crippen LogP contribution < -0.4 is 5.73 Å². The van der Waals surface area contributed by atoms with Gasteiger partial charge in [-0.1, -0.05) is 25.2 Å². The molecule has 0 aromatic carbocycles. The van der Waals surface area contributed by atoms with Crippen LogP contribution in [0.25, 0.3) is 4.96 Å². The summed E-state index contributed by atoms with van der Waals surface area (Å²) >= 11 is 1.02. The highest BCUT2D eigenvalue weighted by molar-refractivity contribution is 7.16. The lowest BCUT2D eigenvalue weighted by Crippen LogP contribution is -2.17. The molecule has 2 aromatic heterocycles. The number of rotatable bonds is 2. The minimum absolute atomic E-state index is 0.0909. The summed E-state index contributed by atoms with van der Waals surface area (Å²) in [5, 5.41) is 10.8. The van der Waals surface area contributed by atoms with E-state index in [-0.39, 0.29) is 10.9 Å². The van der Waals surface area contributed by atoms with Crippen LogP contribution >= 0.6 is 11.3 Å². The zero-order chi connectivity index (χ0) is 12.8. The van der Waals surface area contributed by atoms with Gasteiger partial charge in [0.2, 0.25) is 4.96 Å². The molecule has 2 heterocycles. The lowest BCUT2D eigenvalue weighted by molar-refractivity contribution is -0.146. The molecule has 0 bridgehead atoms. The second-order valence-corrected chi connectivity index (χ2v) is 4.91. The van der Waals surface area contributed by atoms with Gasteiger partial charge >= 0.3 is 6.18 Å². The largest absolute Gasteiger partial charge is 0.453 e. The van der Waals surface area contributed by atoms with E-state index in [1.54, 1.807) is 0 Å². The Morgan fingerprint density at radius 2 is 1.94 bits per heavy atom. The summed E-state index contributed by atoms with van der Waals surface area (Å²) in [4.78, 5) is 0.100. The number of hydrogen-bond acceptors (Lipinski definition) is 5. The molecular formula is C8H10F3N5S. The van der Waals surface area contributed by atoms with E-state index in [1.165, 1.54) is 0 Å². The lowest BCUT2D eigenvalue weighted by Gasteiger charge is -2.10. The minimum Gasteiger partial charge on any atom is -0.322 e. The van der Waals surface area contributed by atoms with Crippen molar-refractivity contribution in [3.8, 4) is 0 Å². The molecule has 5 nitrogen and oxygen atoms in total. The summed E-state index contributed by atoms with van der Waals surface area (Å²) in [5.74, 6) is -1.03. The summed E-state index contributed by atoms with van der Waals surface area (Å²) in [6, 6.07) is -0.400. The quantitative estimate of drug-likeness (QED) is 0.899. The average Bonchev–Trinajstić information content (AvgIpc) is 2.71. The molecular weight excluding hydrogens is 255 g/mol. The van der Waals surface area contributed by atoms with Crippen molar-refractivity contribution in [2.75, 3.05) is 0 Å². The first-order chi connectivity index (χ1) is 7.80. The Morgan fingerprint density at radius 1 is 1.29 bits per heavy atom. The van der Waals surface area contributed by atoms with Crippen molar-refractivity contribution in [3.63, 3.8) is 0 Å². The van der Waals surface area contributed by atoms with Gasteiger partial charge in [0.25, 0.3) is 5.82 Å². The number of fused-ring (bicyclic) bond motifs is 1. The molecule has 0 aliphatic rings. The van der Waals surface area contributed by atoms with Crippen LogP contribution in [0.1, 0.15) is 30.7 Å². The minimum atomic E-state index is -4.56. The predicted octanol–water partition coefficient (Wildman–Crippen LogP) is 1.86. The first-order valence-corrected chi connectivity index (χ1v) is 5.67. The monoisotopic (exact) mass is 265 g/mol. The van der Waals surface area contributed by atoms with E-state index in [9.17, 15) is 13.2 Å². The van der Waals surface area contributed by atoms with Crippen molar-refractivity contribution in [2.45, 2.75) is 26.1 Å². The highest BCUT2D eigenvalue weighted by Crippen LogP contribution is 2.30. The van der Waals surface area contributed by atoms with Gasteiger partial charge in [0.05, 0.1) is 6.04 Å². The molecule has 0 saturated heterocycles. The highest BCUT2D eigenvalue weighted by atomic mass is 32.1. The standard InChI is InChI=1S/C8H10F3N5S/c1-3(2)4(12)5-15-16-6(8(9,10)11)13-14-7(16)17-5/h3-4H,12H2,1-2H3. The van der Waals surface area contributed by atoms with Gasteiger partial charge in [-0.25, -0.2) is 0 Å². The van der Waals surface area contributed by atoms with Gasteiger partial charge in [-0.2, -0.15) is 22.8 Å². The Kier molecular flexibility index (Phi) is 2.82. The third kappa shape index (κ3) is 2.12. The average molecular weight is 265 g/mol. The first-order valence-electron chi connectivity index (χ1n) is 4.85. The van der Waals surface area contributed by atoms with E-state index < -0.39 is 18.0 Å². The van der Waals surface area contributed by atoms with E-state index >= 15 is 0 Å². The maximum Gasteiger partial charge on any atom is 0.453 e. The van der Waals surface area contributed by atoms with Crippen molar-refractivity contribution in [3.05, 3.63) is 10.8 Å². The molecule has 0 spiro atoms. The van der Waals surface area contributed by atoms with E-state index in [0.29, 0.717) is 9.52 Å². The zero-order valence-electron chi connectivity index (χ0n) is 9.06. The molecule has 2 aromatic rings. The molecule has 17 heavy (non-hydrogen) atoms. The van der Waals surface area contributed by atoms with Crippen molar-refractivity contribution < 1.29 is 13.2 Å². The molecule has 2 N–H and O–H groups in total. The third-order valence-electron chi connectivity index (χ3n) is 2.26. The Labute approximate surface area is 98.4 Å².